The highest BCUT2D eigenvalue weighted by atomic mass is 32.2. The van der Waals surface area contributed by atoms with Crippen molar-refractivity contribution in [3.8, 4) is 0 Å². The Labute approximate surface area is 116 Å². The van der Waals surface area contributed by atoms with Crippen LogP contribution in [0.4, 0.5) is 0 Å². The van der Waals surface area contributed by atoms with Crippen LogP contribution >= 0.6 is 11.8 Å². The van der Waals surface area contributed by atoms with E-state index in [1.54, 1.807) is 0 Å². The second-order valence-corrected chi connectivity index (χ2v) is 5.86. The fourth-order valence-electron chi connectivity index (χ4n) is 2.32. The van der Waals surface area contributed by atoms with E-state index in [1.807, 2.05) is 18.8 Å². The third-order valence-electron chi connectivity index (χ3n) is 3.36. The van der Waals surface area contributed by atoms with Crippen LogP contribution in [0.2, 0.25) is 0 Å². The number of nitrogens with zero attached hydrogens (tertiary/aromatic N) is 1. The van der Waals surface area contributed by atoms with E-state index in [9.17, 15) is 0 Å². The van der Waals surface area contributed by atoms with E-state index < -0.39 is 0 Å². The van der Waals surface area contributed by atoms with Crippen molar-refractivity contribution in [2.75, 3.05) is 19.8 Å². The second kappa shape index (κ2) is 9.31. The molecule has 104 valence electrons. The fraction of sp³-hybridized carbons (Fsp3) is 0.786. The molecule has 1 aliphatic carbocycles. The molecule has 0 heterocycles. The molecular weight excluding hydrogens is 242 g/mol. The van der Waals surface area contributed by atoms with E-state index in [1.165, 1.54) is 25.7 Å². The van der Waals surface area contributed by atoms with E-state index in [0.29, 0.717) is 6.04 Å². The standard InChI is InChI=1S/C14H27N3S/c1-4-5-6-10-16-14(15-2)17-12-8-7-9-13(11-12)18-3/h4-5,12-13H,6-11H2,1-3H3,(H2,15,16,17). The van der Waals surface area contributed by atoms with Gasteiger partial charge in [0.15, 0.2) is 5.96 Å². The first-order chi connectivity index (χ1) is 8.80. The van der Waals surface area contributed by atoms with Gasteiger partial charge in [0, 0.05) is 24.9 Å². The molecule has 1 saturated carbocycles. The van der Waals surface area contributed by atoms with E-state index in [2.05, 4.69) is 41.0 Å². The minimum atomic E-state index is 0.587. The number of hydrogen-bond donors (Lipinski definition) is 2. The van der Waals surface area contributed by atoms with Crippen LogP contribution in [-0.4, -0.2) is 37.1 Å². The van der Waals surface area contributed by atoms with Gasteiger partial charge in [0.1, 0.15) is 0 Å². The maximum absolute atomic E-state index is 4.29. The number of thioether (sulfide) groups is 1. The summed E-state index contributed by atoms with van der Waals surface area (Å²) in [5.74, 6) is 0.950. The Morgan fingerprint density at radius 2 is 2.28 bits per heavy atom. The summed E-state index contributed by atoms with van der Waals surface area (Å²) in [5, 5.41) is 7.73. The molecule has 0 aromatic heterocycles. The molecular formula is C14H27N3S. The van der Waals surface area contributed by atoms with Gasteiger partial charge >= 0.3 is 0 Å². The Balaban J connectivity index is 2.29. The number of aliphatic imine (C=N–C) groups is 1. The van der Waals surface area contributed by atoms with Gasteiger partial charge < -0.3 is 10.6 Å². The second-order valence-electron chi connectivity index (χ2n) is 4.72. The Kier molecular flexibility index (Phi) is 7.98. The van der Waals surface area contributed by atoms with Gasteiger partial charge in [-0.3, -0.25) is 4.99 Å². The van der Waals surface area contributed by atoms with Crippen molar-refractivity contribution in [2.24, 2.45) is 4.99 Å². The van der Waals surface area contributed by atoms with E-state index >= 15 is 0 Å². The summed E-state index contributed by atoms with van der Waals surface area (Å²) in [5.41, 5.74) is 0. The largest absolute Gasteiger partial charge is 0.356 e. The summed E-state index contributed by atoms with van der Waals surface area (Å²) in [6.07, 6.45) is 12.8. The average molecular weight is 269 g/mol. The molecule has 1 aliphatic rings. The molecule has 3 nitrogen and oxygen atoms in total. The summed E-state index contributed by atoms with van der Waals surface area (Å²) >= 11 is 2.00. The maximum Gasteiger partial charge on any atom is 0.191 e. The first kappa shape index (κ1) is 15.4. The fourth-order valence-corrected chi connectivity index (χ4v) is 3.15. The third kappa shape index (κ3) is 5.80. The molecule has 0 aromatic carbocycles. The molecule has 2 N–H and O–H groups in total. The van der Waals surface area contributed by atoms with Gasteiger partial charge in [0.25, 0.3) is 0 Å². The molecule has 0 aromatic rings. The third-order valence-corrected chi connectivity index (χ3v) is 4.46. The van der Waals surface area contributed by atoms with Gasteiger partial charge in [-0.15, -0.1) is 0 Å². The predicted octanol–water partition coefficient (Wildman–Crippen LogP) is 2.79. The zero-order chi connectivity index (χ0) is 13.2. The van der Waals surface area contributed by atoms with Crippen LogP contribution in [0.3, 0.4) is 0 Å². The van der Waals surface area contributed by atoms with Crippen LogP contribution in [0.25, 0.3) is 0 Å². The van der Waals surface area contributed by atoms with Gasteiger partial charge in [-0.2, -0.15) is 11.8 Å². The van der Waals surface area contributed by atoms with Crippen molar-refractivity contribution in [3.63, 3.8) is 0 Å². The number of allylic oxidation sites excluding steroid dienone is 1. The van der Waals surface area contributed by atoms with Gasteiger partial charge in [-0.25, -0.2) is 0 Å². The van der Waals surface area contributed by atoms with Gasteiger partial charge in [0.05, 0.1) is 0 Å². The lowest BCUT2D eigenvalue weighted by Crippen LogP contribution is -2.45. The highest BCUT2D eigenvalue weighted by Gasteiger charge is 2.21. The summed E-state index contributed by atoms with van der Waals surface area (Å²) < 4.78 is 0. The average Bonchev–Trinajstić information content (AvgIpc) is 2.42. The first-order valence-electron chi connectivity index (χ1n) is 6.91. The molecule has 1 fully saturated rings. The van der Waals surface area contributed by atoms with Crippen LogP contribution in [0, 0.1) is 0 Å². The predicted molar refractivity (Wildman–Crippen MR) is 83.5 cm³/mol. The van der Waals surface area contributed by atoms with Crippen LogP contribution in [0.5, 0.6) is 0 Å². The Hall–Kier alpha value is -0.640. The summed E-state index contributed by atoms with van der Waals surface area (Å²) in [6.45, 7) is 3.00. The molecule has 0 aliphatic heterocycles. The highest BCUT2D eigenvalue weighted by Crippen LogP contribution is 2.26. The number of nitrogens with one attached hydrogen (secondary N) is 2. The van der Waals surface area contributed by atoms with Crippen LogP contribution in [0.1, 0.15) is 39.0 Å². The zero-order valence-electron chi connectivity index (χ0n) is 11.9. The van der Waals surface area contributed by atoms with Gasteiger partial charge in [-0.1, -0.05) is 18.6 Å². The topological polar surface area (TPSA) is 36.4 Å². The van der Waals surface area contributed by atoms with Crippen molar-refractivity contribution in [1.29, 1.82) is 0 Å². The van der Waals surface area contributed by atoms with Gasteiger partial charge in [-0.05, 0) is 38.9 Å². The van der Waals surface area contributed by atoms with E-state index in [0.717, 1.165) is 24.2 Å². The summed E-state index contributed by atoms with van der Waals surface area (Å²) in [6, 6.07) is 0.587. The lowest BCUT2D eigenvalue weighted by atomic mass is 9.95. The van der Waals surface area contributed by atoms with Crippen LogP contribution < -0.4 is 10.6 Å². The molecule has 2 unspecified atom stereocenters. The lowest BCUT2D eigenvalue weighted by molar-refractivity contribution is 0.419. The quantitative estimate of drug-likeness (QED) is 0.349. The molecule has 0 amide bonds. The number of hydrogen-bond acceptors (Lipinski definition) is 2. The Bertz CT molecular complexity index is 276. The Morgan fingerprint density at radius 1 is 1.44 bits per heavy atom. The SMILES string of the molecule is CC=CCCNC(=NC)NC1CCCC(SC)C1. The van der Waals surface area contributed by atoms with Gasteiger partial charge in [0.2, 0.25) is 0 Å². The molecule has 0 bridgehead atoms. The van der Waals surface area contributed by atoms with E-state index in [-0.39, 0.29) is 0 Å². The first-order valence-corrected chi connectivity index (χ1v) is 8.20. The molecule has 0 spiro atoms. The molecule has 1 rings (SSSR count). The molecule has 0 saturated heterocycles. The normalized spacial score (nSPS) is 25.4. The molecule has 0 radical (unpaired) electrons. The van der Waals surface area contributed by atoms with Crippen LogP contribution in [-0.2, 0) is 0 Å². The summed E-state index contributed by atoms with van der Waals surface area (Å²) in [4.78, 5) is 4.29. The number of guanidine groups is 1. The Morgan fingerprint density at radius 3 is 2.94 bits per heavy atom. The summed E-state index contributed by atoms with van der Waals surface area (Å²) in [7, 11) is 1.85. The monoisotopic (exact) mass is 269 g/mol. The van der Waals surface area contributed by atoms with Crippen molar-refractivity contribution >= 4 is 17.7 Å². The van der Waals surface area contributed by atoms with Crippen molar-refractivity contribution in [3.05, 3.63) is 12.2 Å². The van der Waals surface area contributed by atoms with Crippen LogP contribution in [0.15, 0.2) is 17.1 Å². The minimum Gasteiger partial charge on any atom is -0.356 e. The smallest absolute Gasteiger partial charge is 0.191 e. The van der Waals surface area contributed by atoms with Crippen molar-refractivity contribution in [1.82, 2.24) is 10.6 Å². The zero-order valence-corrected chi connectivity index (χ0v) is 12.7. The number of rotatable bonds is 5. The highest BCUT2D eigenvalue weighted by molar-refractivity contribution is 7.99. The van der Waals surface area contributed by atoms with E-state index in [4.69, 9.17) is 0 Å². The van der Waals surface area contributed by atoms with Crippen molar-refractivity contribution < 1.29 is 0 Å². The lowest BCUT2D eigenvalue weighted by Gasteiger charge is -2.29. The minimum absolute atomic E-state index is 0.587. The maximum atomic E-state index is 4.29. The van der Waals surface area contributed by atoms with Crippen molar-refractivity contribution in [2.45, 2.75) is 50.3 Å². The molecule has 2 atom stereocenters. The molecule has 4 heteroatoms. The molecule has 18 heavy (non-hydrogen) atoms.